The Morgan fingerprint density at radius 1 is 0.679 bits per heavy atom. The third kappa shape index (κ3) is 56.4. The van der Waals surface area contributed by atoms with Crippen LogP contribution in [0.25, 0.3) is 0 Å². The summed E-state index contributed by atoms with van der Waals surface area (Å²) in [6.45, 7) is 24.2. The molecular formula is C18H38NO8V. The van der Waals surface area contributed by atoms with Crippen LogP contribution in [0.1, 0.15) is 47.0 Å². The third-order valence-corrected chi connectivity index (χ3v) is 3.59. The fraction of sp³-hybridized carbons (Fsp3) is 0.611. The van der Waals surface area contributed by atoms with Gasteiger partial charge in [-0.2, -0.15) is 0 Å². The monoisotopic (exact) mass is 447 g/mol. The summed E-state index contributed by atoms with van der Waals surface area (Å²) in [5, 5.41) is 0. The number of nitrogens with zero attached hydrogens (tertiary/aromatic N) is 1. The van der Waals surface area contributed by atoms with Gasteiger partial charge in [0.15, 0.2) is 0 Å². The Morgan fingerprint density at radius 2 is 0.857 bits per heavy atom. The van der Waals surface area contributed by atoms with Crippen molar-refractivity contribution in [1.82, 2.24) is 0 Å². The molecule has 0 atom stereocenters. The summed E-state index contributed by atoms with van der Waals surface area (Å²) in [6, 6.07) is 0. The van der Waals surface area contributed by atoms with Crippen molar-refractivity contribution >= 4 is 33.9 Å². The summed E-state index contributed by atoms with van der Waals surface area (Å²) in [5.74, 6) is 0. The molecule has 0 aromatic carbocycles. The average molecular weight is 447 g/mol. The summed E-state index contributed by atoms with van der Waals surface area (Å²) < 4.78 is 27.0. The van der Waals surface area contributed by atoms with Gasteiger partial charge in [0.05, 0.1) is 26.2 Å². The molecule has 0 amide bonds. The molecule has 168 valence electrons. The fourth-order valence-corrected chi connectivity index (χ4v) is 1.93. The molecule has 10 heteroatoms. The molecule has 1 aliphatic rings. The van der Waals surface area contributed by atoms with Crippen molar-refractivity contribution in [3.63, 3.8) is 0 Å². The topological polar surface area (TPSA) is 143 Å². The first kappa shape index (κ1) is 45.1. The predicted molar refractivity (Wildman–Crippen MR) is 102 cm³/mol. The summed E-state index contributed by atoms with van der Waals surface area (Å²) in [5.41, 5.74) is 0. The van der Waals surface area contributed by atoms with Gasteiger partial charge in [-0.25, -0.2) is 0 Å². The molecule has 0 aliphatic heterocycles. The molecule has 9 nitrogen and oxygen atoms in total. The van der Waals surface area contributed by atoms with E-state index in [1.807, 2.05) is 33.9 Å². The van der Waals surface area contributed by atoms with E-state index in [1.54, 1.807) is 0 Å². The second-order valence-electron chi connectivity index (χ2n) is 4.23. The zero-order valence-corrected chi connectivity index (χ0v) is 19.2. The number of carbonyl (C=O) groups is 5. The number of hydrogen-bond donors (Lipinski definition) is 0. The van der Waals surface area contributed by atoms with Crippen LogP contribution in [-0.2, 0) is 46.7 Å². The molecular weight excluding hydrogens is 409 g/mol. The number of rotatable bonds is 4. The van der Waals surface area contributed by atoms with Crippen molar-refractivity contribution in [2.24, 2.45) is 0 Å². The zero-order valence-electron chi connectivity index (χ0n) is 17.8. The molecule has 1 aliphatic carbocycles. The van der Waals surface area contributed by atoms with Crippen molar-refractivity contribution in [1.29, 1.82) is 0 Å². The van der Waals surface area contributed by atoms with Crippen molar-refractivity contribution in [3.05, 3.63) is 12.2 Å². The van der Waals surface area contributed by atoms with Crippen molar-refractivity contribution < 1.29 is 55.2 Å². The van der Waals surface area contributed by atoms with Gasteiger partial charge >= 0.3 is 26.8 Å². The van der Waals surface area contributed by atoms with Gasteiger partial charge in [-0.1, -0.05) is 12.2 Å². The predicted octanol–water partition coefficient (Wildman–Crippen LogP) is 1.26. The van der Waals surface area contributed by atoms with Gasteiger partial charge in [0, 0.05) is 0 Å². The van der Waals surface area contributed by atoms with Crippen molar-refractivity contribution in [2.75, 3.05) is 26.2 Å². The van der Waals surface area contributed by atoms with E-state index in [0.29, 0.717) is 0 Å². The first-order valence-corrected chi connectivity index (χ1v) is 9.94. The molecule has 0 saturated heterocycles. The minimum atomic E-state index is -3.94. The summed E-state index contributed by atoms with van der Waals surface area (Å²) in [7, 11) is 0. The molecule has 0 unspecified atom stereocenters. The van der Waals surface area contributed by atoms with Gasteiger partial charge in [-0.3, -0.25) is 0 Å². The zero-order chi connectivity index (χ0) is 24.4. The second-order valence-corrected chi connectivity index (χ2v) is 4.93. The normalized spacial score (nSPS) is 9.18. The Morgan fingerprint density at radius 3 is 0.893 bits per heavy atom. The van der Waals surface area contributed by atoms with Gasteiger partial charge in [-0.15, -0.1) is 0 Å². The van der Waals surface area contributed by atoms with Gasteiger partial charge in [0.2, 0.25) is 0 Å². The second kappa shape index (κ2) is 56.2. The number of quaternary nitrogens is 1. The molecule has 1 rings (SSSR count). The fourth-order valence-electron chi connectivity index (χ4n) is 1.93. The SMILES string of the molecule is C1=CCCC1.C=O.C=O.C=O.C=O.C=O.CC[N+](CC)(CC)CC.[O]=[V](=[O])[O-]. The van der Waals surface area contributed by atoms with Crippen molar-refractivity contribution in [3.8, 4) is 0 Å². The minimum absolute atomic E-state index is 1.28. The van der Waals surface area contributed by atoms with Gasteiger partial charge in [0.25, 0.3) is 0 Å². The van der Waals surface area contributed by atoms with Crippen LogP contribution in [-0.4, -0.2) is 64.6 Å². The van der Waals surface area contributed by atoms with E-state index in [2.05, 4.69) is 39.8 Å². The molecule has 0 spiro atoms. The van der Waals surface area contributed by atoms with Crippen LogP contribution in [0.5, 0.6) is 0 Å². The van der Waals surface area contributed by atoms with Gasteiger partial charge in [0.1, 0.15) is 33.9 Å². The number of carbonyl (C=O) groups excluding carboxylic acids is 5. The van der Waals surface area contributed by atoms with Gasteiger partial charge in [-0.05, 0) is 47.0 Å². The number of allylic oxidation sites excluding steroid dienone is 2. The maximum atomic E-state index is 8.56. The molecule has 0 bridgehead atoms. The van der Waals surface area contributed by atoms with Crippen LogP contribution < -0.4 is 4.03 Å². The van der Waals surface area contributed by atoms with Crippen LogP contribution in [0.4, 0.5) is 0 Å². The van der Waals surface area contributed by atoms with E-state index in [4.69, 9.17) is 35.4 Å². The van der Waals surface area contributed by atoms with E-state index in [0.717, 1.165) is 0 Å². The van der Waals surface area contributed by atoms with E-state index in [9.17, 15) is 0 Å². The summed E-state index contributed by atoms with van der Waals surface area (Å²) in [4.78, 5) is 40.0. The molecule has 0 fully saturated rings. The average Bonchev–Trinajstić information content (AvgIpc) is 3.37. The Balaban J connectivity index is -0.0000000401. The van der Waals surface area contributed by atoms with Crippen LogP contribution in [0.15, 0.2) is 12.2 Å². The van der Waals surface area contributed by atoms with Gasteiger partial charge < -0.3 is 28.5 Å². The Hall–Kier alpha value is -1.81. The molecule has 0 N–H and O–H groups in total. The first-order valence-electron chi connectivity index (χ1n) is 8.23. The van der Waals surface area contributed by atoms with Crippen LogP contribution in [0.3, 0.4) is 0 Å². The maximum absolute atomic E-state index is 8.56. The molecule has 0 saturated carbocycles. The van der Waals surface area contributed by atoms with Crippen LogP contribution in [0.2, 0.25) is 0 Å². The molecule has 28 heavy (non-hydrogen) atoms. The Labute approximate surface area is 174 Å². The molecule has 0 aromatic rings. The quantitative estimate of drug-likeness (QED) is 0.463. The summed E-state index contributed by atoms with van der Waals surface area (Å²) in [6.07, 6.45) is 8.50. The molecule has 0 aromatic heterocycles. The Bertz CT molecular complexity index is 305. The standard InChI is InChI=1S/C8H20N.C5H8.5CH2O.3O.V/c1-5-9(6-2,7-3)8-4;1-2-4-5-3-1;5*1-2;;;;/h5-8H2,1-4H3;1-2H,3-5H2;5*1H2;;;;/q+1;;;;;;;;;-1;. The third-order valence-electron chi connectivity index (χ3n) is 3.59. The Kier molecular flexibility index (Phi) is 90.6. The van der Waals surface area contributed by atoms with Crippen LogP contribution >= 0.6 is 0 Å². The molecule has 0 heterocycles. The van der Waals surface area contributed by atoms with E-state index >= 15 is 0 Å². The van der Waals surface area contributed by atoms with E-state index < -0.39 is 15.4 Å². The van der Waals surface area contributed by atoms with E-state index in [-0.39, 0.29) is 0 Å². The summed E-state index contributed by atoms with van der Waals surface area (Å²) >= 11 is -3.94. The van der Waals surface area contributed by atoms with E-state index in [1.165, 1.54) is 49.9 Å². The van der Waals surface area contributed by atoms with Crippen LogP contribution in [0, 0.1) is 0 Å². The molecule has 0 radical (unpaired) electrons. The number of hydrogen-bond acceptors (Lipinski definition) is 8. The first-order chi connectivity index (χ1) is 13.5. The van der Waals surface area contributed by atoms with Crippen molar-refractivity contribution in [2.45, 2.75) is 47.0 Å².